The van der Waals surface area contributed by atoms with E-state index in [2.05, 4.69) is 11.4 Å². The van der Waals surface area contributed by atoms with Gasteiger partial charge in [0.05, 0.1) is 12.5 Å². The number of likely N-dealkylation sites (N-methyl/N-ethyl adjacent to an activating group) is 1. The molecule has 20 heavy (non-hydrogen) atoms. The number of rotatable bonds is 2. The van der Waals surface area contributed by atoms with E-state index in [-0.39, 0.29) is 11.3 Å². The number of nitrogens with one attached hydrogen (secondary N) is 1. The molecule has 4 nitrogen and oxygen atoms in total. The van der Waals surface area contributed by atoms with Crippen molar-refractivity contribution in [3.63, 3.8) is 0 Å². The molecule has 0 aliphatic carbocycles. The first-order valence-corrected chi connectivity index (χ1v) is 7.28. The van der Waals surface area contributed by atoms with Crippen LogP contribution in [-0.4, -0.2) is 44.6 Å². The number of hydrogen-bond acceptors (Lipinski definition) is 3. The first kappa shape index (κ1) is 13.4. The number of ether oxygens (including phenoxy) is 1. The molecule has 2 heterocycles. The molecule has 0 bridgehead atoms. The van der Waals surface area contributed by atoms with Crippen molar-refractivity contribution in [2.24, 2.45) is 5.41 Å². The molecule has 2 aliphatic rings. The predicted octanol–water partition coefficient (Wildman–Crippen LogP) is 1.62. The van der Waals surface area contributed by atoms with Gasteiger partial charge in [-0.1, -0.05) is 18.2 Å². The Morgan fingerprint density at radius 1 is 1.30 bits per heavy atom. The Labute approximate surface area is 120 Å². The minimum atomic E-state index is -0.241. The predicted molar refractivity (Wildman–Crippen MR) is 77.9 cm³/mol. The van der Waals surface area contributed by atoms with Gasteiger partial charge in [-0.05, 0) is 32.0 Å². The molecule has 1 amide bonds. The van der Waals surface area contributed by atoms with Gasteiger partial charge in [0.25, 0.3) is 0 Å². The fraction of sp³-hybridized carbons (Fsp3) is 0.562. The molecule has 1 unspecified atom stereocenters. The van der Waals surface area contributed by atoms with Crippen LogP contribution < -0.4 is 10.1 Å². The van der Waals surface area contributed by atoms with Gasteiger partial charge >= 0.3 is 0 Å². The molecule has 2 fully saturated rings. The molecule has 4 heteroatoms. The van der Waals surface area contributed by atoms with E-state index in [0.29, 0.717) is 5.91 Å². The standard InChI is InChI=1S/C16H22N2O2/c1-18-11-13(12-5-3-4-6-14(12)20-2)16(15(18)19)7-9-17-10-8-16/h3-6,13,17H,7-11H2,1-2H3. The number of para-hydroxylation sites is 1. The average molecular weight is 274 g/mol. The van der Waals surface area contributed by atoms with Crippen molar-refractivity contribution in [2.75, 3.05) is 33.8 Å². The summed E-state index contributed by atoms with van der Waals surface area (Å²) in [7, 11) is 3.62. The molecule has 108 valence electrons. The van der Waals surface area contributed by atoms with Crippen LogP contribution in [0.4, 0.5) is 0 Å². The highest BCUT2D eigenvalue weighted by Gasteiger charge is 2.53. The van der Waals surface area contributed by atoms with Crippen molar-refractivity contribution in [1.82, 2.24) is 10.2 Å². The SMILES string of the molecule is COc1ccccc1C1CN(C)C(=O)C12CCNCC2. The summed E-state index contributed by atoms with van der Waals surface area (Å²) in [6, 6.07) is 8.12. The van der Waals surface area contributed by atoms with E-state index >= 15 is 0 Å². The second kappa shape index (κ2) is 5.09. The van der Waals surface area contributed by atoms with Crippen LogP contribution in [0.2, 0.25) is 0 Å². The summed E-state index contributed by atoms with van der Waals surface area (Å²) < 4.78 is 5.52. The summed E-state index contributed by atoms with van der Waals surface area (Å²) >= 11 is 0. The van der Waals surface area contributed by atoms with Crippen molar-refractivity contribution in [3.8, 4) is 5.75 Å². The molecule has 1 N–H and O–H groups in total. The summed E-state index contributed by atoms with van der Waals surface area (Å²) in [6.07, 6.45) is 1.83. The fourth-order valence-corrected chi connectivity index (χ4v) is 3.85. The zero-order valence-corrected chi connectivity index (χ0v) is 12.2. The molecule has 2 saturated heterocycles. The Kier molecular flexibility index (Phi) is 3.42. The minimum Gasteiger partial charge on any atom is -0.496 e. The van der Waals surface area contributed by atoms with Crippen LogP contribution in [0.15, 0.2) is 24.3 Å². The fourth-order valence-electron chi connectivity index (χ4n) is 3.85. The van der Waals surface area contributed by atoms with Gasteiger partial charge in [0.15, 0.2) is 0 Å². The average Bonchev–Trinajstić information content (AvgIpc) is 2.73. The summed E-state index contributed by atoms with van der Waals surface area (Å²) in [6.45, 7) is 2.63. The van der Waals surface area contributed by atoms with Gasteiger partial charge in [-0.2, -0.15) is 0 Å². The molecule has 1 aromatic carbocycles. The van der Waals surface area contributed by atoms with Crippen LogP contribution in [0.3, 0.4) is 0 Å². The number of amides is 1. The van der Waals surface area contributed by atoms with Gasteiger partial charge in [0.1, 0.15) is 5.75 Å². The maximum Gasteiger partial charge on any atom is 0.229 e. The lowest BCUT2D eigenvalue weighted by atomic mass is 9.68. The minimum absolute atomic E-state index is 0.234. The number of methoxy groups -OCH3 is 1. The number of carbonyl (C=O) groups excluding carboxylic acids is 1. The molecule has 2 aliphatic heterocycles. The van der Waals surface area contributed by atoms with Crippen LogP contribution in [0, 0.1) is 5.41 Å². The van der Waals surface area contributed by atoms with Gasteiger partial charge in [-0.25, -0.2) is 0 Å². The summed E-state index contributed by atoms with van der Waals surface area (Å²) in [4.78, 5) is 14.6. The van der Waals surface area contributed by atoms with E-state index in [4.69, 9.17) is 4.74 Å². The number of likely N-dealkylation sites (tertiary alicyclic amines) is 1. The maximum absolute atomic E-state index is 12.7. The molecule has 3 rings (SSSR count). The van der Waals surface area contributed by atoms with E-state index in [1.807, 2.05) is 30.1 Å². The Balaban J connectivity index is 2.04. The van der Waals surface area contributed by atoms with Gasteiger partial charge in [-0.3, -0.25) is 4.79 Å². The third-order valence-electron chi connectivity index (χ3n) is 4.91. The second-order valence-electron chi connectivity index (χ2n) is 5.89. The molecule has 1 aromatic rings. The highest BCUT2D eigenvalue weighted by atomic mass is 16.5. The Morgan fingerprint density at radius 2 is 2.00 bits per heavy atom. The van der Waals surface area contributed by atoms with Crippen LogP contribution >= 0.6 is 0 Å². The summed E-state index contributed by atoms with van der Waals surface area (Å²) in [5, 5.41) is 3.37. The molecule has 1 spiro atoms. The topological polar surface area (TPSA) is 41.6 Å². The number of piperidine rings is 1. The van der Waals surface area contributed by atoms with E-state index in [0.717, 1.165) is 38.2 Å². The molecule has 0 aromatic heterocycles. The highest BCUT2D eigenvalue weighted by molar-refractivity contribution is 5.86. The Bertz CT molecular complexity index is 509. The van der Waals surface area contributed by atoms with Gasteiger partial charge in [0.2, 0.25) is 5.91 Å². The molecule has 0 saturated carbocycles. The van der Waals surface area contributed by atoms with Crippen LogP contribution in [0.1, 0.15) is 24.3 Å². The third kappa shape index (κ3) is 1.90. The van der Waals surface area contributed by atoms with Gasteiger partial charge < -0.3 is 15.0 Å². The van der Waals surface area contributed by atoms with E-state index in [1.165, 1.54) is 5.56 Å². The molecule has 1 atom stereocenters. The number of nitrogens with zero attached hydrogens (tertiary/aromatic N) is 1. The van der Waals surface area contributed by atoms with Gasteiger partial charge in [0, 0.05) is 25.1 Å². The summed E-state index contributed by atoms with van der Waals surface area (Å²) in [5.74, 6) is 1.44. The third-order valence-corrected chi connectivity index (χ3v) is 4.91. The van der Waals surface area contributed by atoms with Crippen molar-refractivity contribution in [2.45, 2.75) is 18.8 Å². The van der Waals surface area contributed by atoms with E-state index < -0.39 is 0 Å². The number of benzene rings is 1. The Morgan fingerprint density at radius 3 is 2.70 bits per heavy atom. The van der Waals surface area contributed by atoms with E-state index in [9.17, 15) is 4.79 Å². The Hall–Kier alpha value is -1.55. The molecule has 0 radical (unpaired) electrons. The lowest BCUT2D eigenvalue weighted by Gasteiger charge is -2.37. The first-order chi connectivity index (χ1) is 9.69. The molecular weight excluding hydrogens is 252 g/mol. The summed E-state index contributed by atoms with van der Waals surface area (Å²) in [5.41, 5.74) is 0.934. The molecular formula is C16H22N2O2. The van der Waals surface area contributed by atoms with Crippen LogP contribution in [0.25, 0.3) is 0 Å². The quantitative estimate of drug-likeness (QED) is 0.891. The van der Waals surface area contributed by atoms with Crippen molar-refractivity contribution < 1.29 is 9.53 Å². The number of hydrogen-bond donors (Lipinski definition) is 1. The lowest BCUT2D eigenvalue weighted by molar-refractivity contribution is -0.136. The zero-order chi connectivity index (χ0) is 14.2. The van der Waals surface area contributed by atoms with E-state index in [1.54, 1.807) is 7.11 Å². The normalized spacial score (nSPS) is 25.2. The van der Waals surface area contributed by atoms with Gasteiger partial charge in [-0.15, -0.1) is 0 Å². The van der Waals surface area contributed by atoms with Crippen molar-refractivity contribution in [1.29, 1.82) is 0 Å². The second-order valence-corrected chi connectivity index (χ2v) is 5.89. The lowest BCUT2D eigenvalue weighted by Crippen LogP contribution is -2.44. The smallest absolute Gasteiger partial charge is 0.229 e. The largest absolute Gasteiger partial charge is 0.496 e. The highest BCUT2D eigenvalue weighted by Crippen LogP contribution is 2.51. The zero-order valence-electron chi connectivity index (χ0n) is 12.2. The van der Waals surface area contributed by atoms with Crippen molar-refractivity contribution in [3.05, 3.63) is 29.8 Å². The first-order valence-electron chi connectivity index (χ1n) is 7.28. The maximum atomic E-state index is 12.7. The van der Waals surface area contributed by atoms with Crippen LogP contribution in [-0.2, 0) is 4.79 Å². The van der Waals surface area contributed by atoms with Crippen molar-refractivity contribution >= 4 is 5.91 Å². The van der Waals surface area contributed by atoms with Crippen LogP contribution in [0.5, 0.6) is 5.75 Å². The monoisotopic (exact) mass is 274 g/mol. The number of carbonyl (C=O) groups is 1.